The predicted octanol–water partition coefficient (Wildman–Crippen LogP) is 3.78. The summed E-state index contributed by atoms with van der Waals surface area (Å²) in [6.07, 6.45) is 6.29. The van der Waals surface area contributed by atoms with E-state index in [1.54, 1.807) is 21.7 Å². The Kier molecular flexibility index (Phi) is 12.2. The summed E-state index contributed by atoms with van der Waals surface area (Å²) in [5.41, 5.74) is 2.34. The van der Waals surface area contributed by atoms with Crippen LogP contribution in [-0.2, 0) is 25.7 Å². The van der Waals surface area contributed by atoms with Crippen LogP contribution in [0.1, 0.15) is 81.4 Å². The number of aromatic nitrogens is 4. The molecule has 0 spiro atoms. The van der Waals surface area contributed by atoms with Crippen molar-refractivity contribution in [1.29, 1.82) is 0 Å². The number of piperidine rings is 2. The number of benzene rings is 1. The van der Waals surface area contributed by atoms with E-state index in [0.29, 0.717) is 46.2 Å². The van der Waals surface area contributed by atoms with Gasteiger partial charge >= 0.3 is 0 Å². The number of nitrogens with zero attached hydrogens (tertiary/aromatic N) is 8. The third-order valence-electron chi connectivity index (χ3n) is 13.2. The van der Waals surface area contributed by atoms with Crippen LogP contribution in [0, 0.1) is 0 Å². The van der Waals surface area contributed by atoms with Crippen molar-refractivity contribution in [3.8, 4) is 5.75 Å². The van der Waals surface area contributed by atoms with Gasteiger partial charge in [-0.2, -0.15) is 4.98 Å². The molecule has 2 atom stereocenters. The Bertz CT molecular complexity index is 2540. The Hall–Kier alpha value is -5.85. The highest BCUT2D eigenvalue weighted by atomic mass is 35.5. The number of carbonyl (C=O) groups excluding carboxylic acids is 4. The summed E-state index contributed by atoms with van der Waals surface area (Å²) in [7, 11) is 1.51. The normalized spacial score (nSPS) is 23.0. The maximum Gasteiger partial charge on any atom is 0.293 e. The number of imide groups is 1. The number of piperazine rings is 1. The van der Waals surface area contributed by atoms with Gasteiger partial charge in [-0.1, -0.05) is 11.6 Å². The smallest absolute Gasteiger partial charge is 0.293 e. The number of anilines is 4. The topological polar surface area (TPSA) is 196 Å². The molecule has 19 heteroatoms. The summed E-state index contributed by atoms with van der Waals surface area (Å²) in [5.74, 6) is 0.714. The van der Waals surface area contributed by atoms with Crippen molar-refractivity contribution in [2.24, 2.45) is 0 Å². The molecule has 338 valence electrons. The molecule has 18 nitrogen and oxygen atoms in total. The van der Waals surface area contributed by atoms with Crippen LogP contribution in [0.15, 0.2) is 47.4 Å². The first-order valence-electron chi connectivity index (χ1n) is 22.2. The lowest BCUT2D eigenvalue weighted by Crippen LogP contribution is -2.59. The summed E-state index contributed by atoms with van der Waals surface area (Å²) in [4.78, 5) is 85.3. The molecule has 0 bridgehead atoms. The minimum atomic E-state index is -0.656. The minimum Gasteiger partial charge on any atom is -0.478 e. The number of likely N-dealkylation sites (N-methyl/N-ethyl adjacent to an activating group) is 1. The van der Waals surface area contributed by atoms with Gasteiger partial charge in [-0.3, -0.25) is 34.2 Å². The van der Waals surface area contributed by atoms with Crippen LogP contribution < -0.4 is 36.0 Å². The Morgan fingerprint density at radius 3 is 2.50 bits per heavy atom. The monoisotopic (exact) mass is 895 g/mol. The standard InChI is InChI=1S/C45H54ClN11O7/c1-25(2)57-35-7-5-28(17-27(35)18-37(44(57)62)63-24-40(59)47-4)49-41-33(46)21-48-45(52-41)53-13-11-30(12-14-53)64-31-19-29(20-31)54-15-16-55(26(3)22-54)38-9-6-32-34(50-38)23-56(43(32)61)36-8-10-39(58)51-42(36)60/h5-7,9,17-18,21,25-26,29-31,36H,8,10-16,19-20,22-24H2,1-4H3,(H,47,59)(H,48,49,52)(H,51,58,60)/t26-,29?,31?,36?/m1/s1. The molecule has 1 unspecified atom stereocenters. The van der Waals surface area contributed by atoms with E-state index in [9.17, 15) is 24.0 Å². The molecule has 3 saturated heterocycles. The fraction of sp³-hybridized carbons (Fsp3) is 0.511. The average molecular weight is 896 g/mol. The van der Waals surface area contributed by atoms with E-state index in [1.165, 1.54) is 7.05 Å². The number of carbonyl (C=O) groups is 4. The minimum absolute atomic E-state index is 0.0917. The van der Waals surface area contributed by atoms with Gasteiger partial charge in [0.25, 0.3) is 17.4 Å². The summed E-state index contributed by atoms with van der Waals surface area (Å²) < 4.78 is 13.9. The van der Waals surface area contributed by atoms with E-state index >= 15 is 0 Å². The zero-order valence-electron chi connectivity index (χ0n) is 36.5. The van der Waals surface area contributed by atoms with Crippen LogP contribution in [0.5, 0.6) is 5.75 Å². The molecule has 3 aromatic heterocycles. The van der Waals surface area contributed by atoms with Crippen molar-refractivity contribution >= 4 is 69.4 Å². The lowest BCUT2D eigenvalue weighted by molar-refractivity contribution is -0.137. The van der Waals surface area contributed by atoms with E-state index in [0.717, 1.165) is 75.1 Å². The Morgan fingerprint density at radius 1 is 0.969 bits per heavy atom. The highest BCUT2D eigenvalue weighted by molar-refractivity contribution is 6.33. The molecule has 4 aliphatic heterocycles. The zero-order valence-corrected chi connectivity index (χ0v) is 37.3. The number of amides is 4. The summed E-state index contributed by atoms with van der Waals surface area (Å²) >= 11 is 6.60. The Morgan fingerprint density at radius 2 is 1.77 bits per heavy atom. The molecule has 4 fully saturated rings. The van der Waals surface area contributed by atoms with Crippen LogP contribution >= 0.6 is 11.6 Å². The molecule has 9 rings (SSSR count). The Balaban J connectivity index is 0.749. The number of hydrogen-bond acceptors (Lipinski definition) is 14. The first kappa shape index (κ1) is 43.4. The van der Waals surface area contributed by atoms with Gasteiger partial charge in [0, 0.05) is 75.4 Å². The molecular weight excluding hydrogens is 842 g/mol. The van der Waals surface area contributed by atoms with Crippen LogP contribution in [0.4, 0.5) is 23.3 Å². The number of halogens is 1. The largest absolute Gasteiger partial charge is 0.478 e. The summed E-state index contributed by atoms with van der Waals surface area (Å²) in [6, 6.07) is 10.9. The Labute approximate surface area is 375 Å². The molecule has 64 heavy (non-hydrogen) atoms. The highest BCUT2D eigenvalue weighted by Crippen LogP contribution is 2.35. The zero-order chi connectivity index (χ0) is 44.8. The van der Waals surface area contributed by atoms with Gasteiger partial charge in [0.05, 0.1) is 41.7 Å². The SMILES string of the molecule is CNC(=O)COc1cc2cc(Nc3nc(N4CCC(OC5CC(N6CCN(c7ccc8c(n7)CN(C7CCC(=O)NC7=O)C8=O)[C@H](C)C6)C5)CC4)ncc3Cl)ccc2n(C(C)C)c1=O. The second-order valence-corrected chi connectivity index (χ2v) is 18.1. The maximum atomic E-state index is 13.2. The number of rotatable bonds is 12. The molecule has 4 amide bonds. The second kappa shape index (κ2) is 18.0. The predicted molar refractivity (Wildman–Crippen MR) is 240 cm³/mol. The quantitative estimate of drug-likeness (QED) is 0.174. The van der Waals surface area contributed by atoms with Crippen LogP contribution in [0.2, 0.25) is 5.02 Å². The molecule has 4 aromatic rings. The van der Waals surface area contributed by atoms with Crippen molar-refractivity contribution in [1.82, 2.24) is 40.0 Å². The molecule has 1 aromatic carbocycles. The summed E-state index contributed by atoms with van der Waals surface area (Å²) in [5, 5.41) is 9.32. The van der Waals surface area contributed by atoms with E-state index in [1.807, 2.05) is 44.2 Å². The molecule has 5 aliphatic rings. The lowest BCUT2D eigenvalue weighted by atomic mass is 9.86. The third-order valence-corrected chi connectivity index (χ3v) is 13.4. The third kappa shape index (κ3) is 8.69. The average Bonchev–Trinajstić information content (AvgIpc) is 3.59. The van der Waals surface area contributed by atoms with E-state index in [2.05, 4.69) is 42.6 Å². The molecule has 3 N–H and O–H groups in total. The first-order valence-corrected chi connectivity index (χ1v) is 22.6. The molecular formula is C45H54ClN11O7. The van der Waals surface area contributed by atoms with Gasteiger partial charge < -0.3 is 39.4 Å². The van der Waals surface area contributed by atoms with Crippen molar-refractivity contribution in [3.63, 3.8) is 0 Å². The van der Waals surface area contributed by atoms with Gasteiger partial charge in [0.1, 0.15) is 16.9 Å². The van der Waals surface area contributed by atoms with Crippen molar-refractivity contribution < 1.29 is 28.7 Å². The fourth-order valence-corrected chi connectivity index (χ4v) is 9.76. The van der Waals surface area contributed by atoms with Gasteiger partial charge in [-0.25, -0.2) is 9.97 Å². The van der Waals surface area contributed by atoms with Gasteiger partial charge in [-0.15, -0.1) is 0 Å². The van der Waals surface area contributed by atoms with Gasteiger partial charge in [-0.05, 0) is 89.3 Å². The van der Waals surface area contributed by atoms with E-state index < -0.39 is 11.9 Å². The molecule has 7 heterocycles. The summed E-state index contributed by atoms with van der Waals surface area (Å²) in [6.45, 7) is 10.2. The number of pyridine rings is 2. The van der Waals surface area contributed by atoms with Gasteiger partial charge in [0.2, 0.25) is 17.8 Å². The van der Waals surface area contributed by atoms with Crippen molar-refractivity contribution in [3.05, 3.63) is 69.2 Å². The number of nitrogens with one attached hydrogen (secondary N) is 3. The second-order valence-electron chi connectivity index (χ2n) is 17.7. The van der Waals surface area contributed by atoms with E-state index in [4.69, 9.17) is 31.0 Å². The number of hydrogen-bond donors (Lipinski definition) is 3. The van der Waals surface area contributed by atoms with E-state index in [-0.39, 0.29) is 72.9 Å². The highest BCUT2D eigenvalue weighted by Gasteiger charge is 2.42. The van der Waals surface area contributed by atoms with Gasteiger partial charge in [0.15, 0.2) is 18.2 Å². The van der Waals surface area contributed by atoms with Crippen molar-refractivity contribution in [2.45, 2.75) is 102 Å². The molecule has 0 radical (unpaired) electrons. The molecule has 1 saturated carbocycles. The number of fused-ring (bicyclic) bond motifs is 2. The van der Waals surface area contributed by atoms with Crippen LogP contribution in [0.25, 0.3) is 10.9 Å². The fourth-order valence-electron chi connectivity index (χ4n) is 9.62. The first-order chi connectivity index (χ1) is 30.8. The maximum absolute atomic E-state index is 13.2. The number of ether oxygens (including phenoxy) is 2. The van der Waals surface area contributed by atoms with Crippen molar-refractivity contribution in [2.75, 3.05) is 61.5 Å². The lowest BCUT2D eigenvalue weighted by Gasteiger charge is -2.49. The van der Waals surface area contributed by atoms with Crippen LogP contribution in [0.3, 0.4) is 0 Å². The van der Waals surface area contributed by atoms with Crippen LogP contribution in [-0.4, -0.2) is 130 Å². The molecule has 1 aliphatic carbocycles.